The summed E-state index contributed by atoms with van der Waals surface area (Å²) in [6.45, 7) is 8.96. The van der Waals surface area contributed by atoms with Crippen LogP contribution in [-0.2, 0) is 4.79 Å². The van der Waals surface area contributed by atoms with E-state index in [1.165, 1.54) is 32.1 Å². The number of hydrogen-bond acceptors (Lipinski definition) is 2. The first kappa shape index (κ1) is 16.4. The van der Waals surface area contributed by atoms with E-state index >= 15 is 0 Å². The molecule has 0 aromatic rings. The van der Waals surface area contributed by atoms with Crippen molar-refractivity contribution in [3.63, 3.8) is 0 Å². The van der Waals surface area contributed by atoms with Crippen LogP contribution in [0.4, 0.5) is 0 Å². The number of unbranched alkanes of at least 4 members (excludes halogenated alkanes) is 1. The van der Waals surface area contributed by atoms with Gasteiger partial charge in [0.2, 0.25) is 5.91 Å². The summed E-state index contributed by atoms with van der Waals surface area (Å²) in [5.74, 6) is 0.192. The van der Waals surface area contributed by atoms with Crippen molar-refractivity contribution in [1.82, 2.24) is 10.2 Å². The van der Waals surface area contributed by atoms with E-state index in [1.807, 2.05) is 20.9 Å². The summed E-state index contributed by atoms with van der Waals surface area (Å²) in [6.07, 6.45) is 5.99. The molecular formula is C14H30N2O. The summed E-state index contributed by atoms with van der Waals surface area (Å²) in [7, 11) is 1.87. The van der Waals surface area contributed by atoms with Crippen molar-refractivity contribution >= 4 is 5.91 Å². The molecule has 0 aliphatic rings. The summed E-state index contributed by atoms with van der Waals surface area (Å²) in [5.41, 5.74) is 0. The Kier molecular flexibility index (Phi) is 9.14. The summed E-state index contributed by atoms with van der Waals surface area (Å²) < 4.78 is 0. The lowest BCUT2D eigenvalue weighted by atomic mass is 10.1. The van der Waals surface area contributed by atoms with E-state index in [2.05, 4.69) is 19.2 Å². The van der Waals surface area contributed by atoms with Gasteiger partial charge in [0.15, 0.2) is 0 Å². The molecule has 0 aliphatic carbocycles. The Morgan fingerprint density at radius 1 is 1.18 bits per heavy atom. The van der Waals surface area contributed by atoms with E-state index in [4.69, 9.17) is 0 Å². The smallest absolute Gasteiger partial charge is 0.236 e. The van der Waals surface area contributed by atoms with E-state index in [1.54, 1.807) is 4.90 Å². The van der Waals surface area contributed by atoms with Crippen LogP contribution >= 0.6 is 0 Å². The van der Waals surface area contributed by atoms with Gasteiger partial charge in [0.1, 0.15) is 0 Å². The second-order valence-corrected chi connectivity index (χ2v) is 5.11. The lowest BCUT2D eigenvalue weighted by Gasteiger charge is -2.24. The Balaban J connectivity index is 3.97. The minimum absolute atomic E-state index is 0.192. The molecule has 1 atom stereocenters. The van der Waals surface area contributed by atoms with Crippen molar-refractivity contribution in [1.29, 1.82) is 0 Å². The Hall–Kier alpha value is -0.570. The van der Waals surface area contributed by atoms with E-state index < -0.39 is 0 Å². The Morgan fingerprint density at radius 3 is 2.29 bits per heavy atom. The summed E-state index contributed by atoms with van der Waals surface area (Å²) in [5, 5.41) is 3.40. The fourth-order valence-corrected chi connectivity index (χ4v) is 1.79. The number of nitrogens with one attached hydrogen (secondary N) is 1. The SMILES string of the molecule is CCCCC(CCC)NCC(=O)N(C)C(C)C. The Bertz CT molecular complexity index is 204. The van der Waals surface area contributed by atoms with Gasteiger partial charge in [-0.15, -0.1) is 0 Å². The van der Waals surface area contributed by atoms with Crippen molar-refractivity contribution < 1.29 is 4.79 Å². The van der Waals surface area contributed by atoms with E-state index in [-0.39, 0.29) is 11.9 Å². The van der Waals surface area contributed by atoms with Gasteiger partial charge in [-0.1, -0.05) is 33.1 Å². The highest BCUT2D eigenvalue weighted by Crippen LogP contribution is 2.06. The number of hydrogen-bond donors (Lipinski definition) is 1. The molecule has 0 saturated carbocycles. The fraction of sp³-hybridized carbons (Fsp3) is 0.929. The van der Waals surface area contributed by atoms with Crippen LogP contribution in [0.1, 0.15) is 59.8 Å². The number of amides is 1. The van der Waals surface area contributed by atoms with Gasteiger partial charge in [-0.3, -0.25) is 4.79 Å². The average molecular weight is 242 g/mol. The highest BCUT2D eigenvalue weighted by molar-refractivity contribution is 5.78. The van der Waals surface area contributed by atoms with Crippen molar-refractivity contribution in [2.45, 2.75) is 71.9 Å². The minimum atomic E-state index is 0.192. The first-order valence-corrected chi connectivity index (χ1v) is 7.01. The van der Waals surface area contributed by atoms with Gasteiger partial charge in [-0.05, 0) is 26.7 Å². The van der Waals surface area contributed by atoms with Gasteiger partial charge in [-0.25, -0.2) is 0 Å². The topological polar surface area (TPSA) is 32.3 Å². The van der Waals surface area contributed by atoms with Crippen molar-refractivity contribution in [3.05, 3.63) is 0 Å². The highest BCUT2D eigenvalue weighted by atomic mass is 16.2. The van der Waals surface area contributed by atoms with Crippen LogP contribution in [0, 0.1) is 0 Å². The minimum Gasteiger partial charge on any atom is -0.342 e. The fourth-order valence-electron chi connectivity index (χ4n) is 1.79. The number of likely N-dealkylation sites (N-methyl/N-ethyl adjacent to an activating group) is 1. The predicted molar refractivity (Wildman–Crippen MR) is 74.1 cm³/mol. The number of carbonyl (C=O) groups excluding carboxylic acids is 1. The first-order valence-electron chi connectivity index (χ1n) is 7.01. The first-order chi connectivity index (χ1) is 8.02. The highest BCUT2D eigenvalue weighted by Gasteiger charge is 2.13. The maximum atomic E-state index is 11.8. The van der Waals surface area contributed by atoms with Crippen LogP contribution in [0.15, 0.2) is 0 Å². The van der Waals surface area contributed by atoms with E-state index in [0.717, 1.165) is 0 Å². The van der Waals surface area contributed by atoms with Crippen molar-refractivity contribution in [2.75, 3.05) is 13.6 Å². The molecule has 0 aromatic heterocycles. The largest absolute Gasteiger partial charge is 0.342 e. The molecule has 1 amide bonds. The summed E-state index contributed by atoms with van der Waals surface area (Å²) in [4.78, 5) is 13.6. The molecule has 0 saturated heterocycles. The lowest BCUT2D eigenvalue weighted by molar-refractivity contribution is -0.130. The van der Waals surface area contributed by atoms with Crippen LogP contribution < -0.4 is 5.32 Å². The van der Waals surface area contributed by atoms with Crippen molar-refractivity contribution in [3.8, 4) is 0 Å². The third-order valence-electron chi connectivity index (χ3n) is 3.25. The molecule has 3 heteroatoms. The molecular weight excluding hydrogens is 212 g/mol. The molecule has 3 nitrogen and oxygen atoms in total. The Morgan fingerprint density at radius 2 is 1.82 bits per heavy atom. The third-order valence-corrected chi connectivity index (χ3v) is 3.25. The number of nitrogens with zero attached hydrogens (tertiary/aromatic N) is 1. The standard InChI is InChI=1S/C14H30N2O/c1-6-8-10-13(9-7-2)15-11-14(17)16(5)12(3)4/h12-13,15H,6-11H2,1-5H3. The maximum absolute atomic E-state index is 11.8. The number of rotatable bonds is 9. The van der Waals surface area contributed by atoms with Crippen LogP contribution in [0.3, 0.4) is 0 Å². The van der Waals surface area contributed by atoms with Gasteiger partial charge in [0.25, 0.3) is 0 Å². The van der Waals surface area contributed by atoms with Gasteiger partial charge in [-0.2, -0.15) is 0 Å². The number of carbonyl (C=O) groups is 1. The predicted octanol–water partition coefficient (Wildman–Crippen LogP) is 2.80. The molecule has 0 spiro atoms. The quantitative estimate of drug-likeness (QED) is 0.674. The average Bonchev–Trinajstić information content (AvgIpc) is 2.31. The maximum Gasteiger partial charge on any atom is 0.236 e. The second-order valence-electron chi connectivity index (χ2n) is 5.11. The molecule has 0 rings (SSSR count). The molecule has 0 fully saturated rings. The zero-order valence-electron chi connectivity index (χ0n) is 12.3. The van der Waals surface area contributed by atoms with Crippen LogP contribution in [0.25, 0.3) is 0 Å². The normalized spacial score (nSPS) is 12.8. The zero-order valence-corrected chi connectivity index (χ0v) is 12.3. The third kappa shape index (κ3) is 7.37. The van der Waals surface area contributed by atoms with Crippen LogP contribution in [-0.4, -0.2) is 36.5 Å². The zero-order chi connectivity index (χ0) is 13.3. The molecule has 1 unspecified atom stereocenters. The molecule has 0 radical (unpaired) electrons. The van der Waals surface area contributed by atoms with E-state index in [0.29, 0.717) is 12.6 Å². The second kappa shape index (κ2) is 9.46. The summed E-state index contributed by atoms with van der Waals surface area (Å²) >= 11 is 0. The van der Waals surface area contributed by atoms with E-state index in [9.17, 15) is 4.79 Å². The molecule has 0 aromatic carbocycles. The molecule has 0 bridgehead atoms. The molecule has 17 heavy (non-hydrogen) atoms. The van der Waals surface area contributed by atoms with Crippen LogP contribution in [0.2, 0.25) is 0 Å². The van der Waals surface area contributed by atoms with Gasteiger partial charge in [0, 0.05) is 19.1 Å². The molecule has 0 aliphatic heterocycles. The molecule has 0 heterocycles. The summed E-state index contributed by atoms with van der Waals surface area (Å²) in [6, 6.07) is 0.786. The molecule has 102 valence electrons. The lowest BCUT2D eigenvalue weighted by Crippen LogP contribution is -2.42. The monoisotopic (exact) mass is 242 g/mol. The van der Waals surface area contributed by atoms with Gasteiger partial charge in [0.05, 0.1) is 6.54 Å². The van der Waals surface area contributed by atoms with Gasteiger partial charge < -0.3 is 10.2 Å². The molecule has 1 N–H and O–H groups in total. The van der Waals surface area contributed by atoms with Crippen LogP contribution in [0.5, 0.6) is 0 Å². The Labute approximate surface area is 107 Å². The van der Waals surface area contributed by atoms with Crippen molar-refractivity contribution in [2.24, 2.45) is 0 Å². The van der Waals surface area contributed by atoms with Gasteiger partial charge >= 0.3 is 0 Å².